The Kier molecular flexibility index (Phi) is 3.32. The first kappa shape index (κ1) is 11.0. The zero-order valence-corrected chi connectivity index (χ0v) is 9.78. The van der Waals surface area contributed by atoms with Gasteiger partial charge in [-0.15, -0.1) is 0 Å². The van der Waals surface area contributed by atoms with Crippen LogP contribution in [0.5, 0.6) is 0 Å². The molecule has 15 heavy (non-hydrogen) atoms. The van der Waals surface area contributed by atoms with Crippen LogP contribution in [0.3, 0.4) is 0 Å². The summed E-state index contributed by atoms with van der Waals surface area (Å²) in [5.41, 5.74) is 7.47. The fourth-order valence-corrected chi connectivity index (χ4v) is 2.75. The van der Waals surface area contributed by atoms with Gasteiger partial charge in [0.2, 0.25) is 0 Å². The van der Waals surface area contributed by atoms with Gasteiger partial charge in [0.25, 0.3) is 0 Å². The van der Waals surface area contributed by atoms with E-state index in [0.29, 0.717) is 5.92 Å². The van der Waals surface area contributed by atoms with E-state index >= 15 is 0 Å². The molecule has 2 fully saturated rings. The van der Waals surface area contributed by atoms with Crippen molar-refractivity contribution in [3.05, 3.63) is 12.3 Å². The van der Waals surface area contributed by atoms with Gasteiger partial charge in [0.1, 0.15) is 0 Å². The monoisotopic (exact) mass is 209 g/mol. The fourth-order valence-electron chi connectivity index (χ4n) is 2.75. The highest BCUT2D eigenvalue weighted by Gasteiger charge is 2.29. The number of hydrogen-bond acceptors (Lipinski definition) is 3. The van der Waals surface area contributed by atoms with Crippen molar-refractivity contribution >= 4 is 0 Å². The molecule has 2 atom stereocenters. The molecule has 0 aromatic carbocycles. The van der Waals surface area contributed by atoms with Gasteiger partial charge in [0, 0.05) is 31.4 Å². The van der Waals surface area contributed by atoms with Crippen LogP contribution in [0.15, 0.2) is 12.3 Å². The van der Waals surface area contributed by atoms with Crippen LogP contribution in [0, 0.1) is 5.92 Å². The Morgan fingerprint density at radius 3 is 2.53 bits per heavy atom. The first-order valence-electron chi connectivity index (χ1n) is 6.06. The van der Waals surface area contributed by atoms with E-state index in [4.69, 9.17) is 5.73 Å². The van der Waals surface area contributed by atoms with Crippen LogP contribution in [-0.2, 0) is 0 Å². The quantitative estimate of drug-likeness (QED) is 0.749. The first-order valence-corrected chi connectivity index (χ1v) is 6.06. The third-order valence-corrected chi connectivity index (χ3v) is 3.83. The number of nitrogens with two attached hydrogens (primary N) is 1. The Labute approximate surface area is 92.9 Å². The molecule has 2 saturated heterocycles. The molecule has 2 N–H and O–H groups in total. The maximum absolute atomic E-state index is 6.30. The van der Waals surface area contributed by atoms with Crippen LogP contribution in [0.2, 0.25) is 0 Å². The molecule has 0 amide bonds. The van der Waals surface area contributed by atoms with E-state index in [1.54, 1.807) is 0 Å². The minimum Gasteiger partial charge on any atom is -0.374 e. The largest absolute Gasteiger partial charge is 0.374 e. The van der Waals surface area contributed by atoms with Gasteiger partial charge in [-0.1, -0.05) is 6.58 Å². The molecule has 3 heteroatoms. The summed E-state index contributed by atoms with van der Waals surface area (Å²) in [4.78, 5) is 4.74. The SMILES string of the molecule is C=C(C(N)C1CCN(C)C1)N1CCCC1. The van der Waals surface area contributed by atoms with Crippen LogP contribution in [-0.4, -0.2) is 49.1 Å². The van der Waals surface area contributed by atoms with Crippen molar-refractivity contribution in [2.45, 2.75) is 25.3 Å². The molecule has 0 spiro atoms. The summed E-state index contributed by atoms with van der Waals surface area (Å²) in [6.45, 7) is 8.83. The van der Waals surface area contributed by atoms with E-state index in [0.717, 1.165) is 19.6 Å². The standard InChI is InChI=1S/C12H23N3/c1-10(15-6-3-4-7-15)12(13)11-5-8-14(2)9-11/h11-12H,1,3-9,13H2,2H3. The van der Waals surface area contributed by atoms with Gasteiger partial charge in [0.15, 0.2) is 0 Å². The second kappa shape index (κ2) is 4.54. The summed E-state index contributed by atoms with van der Waals surface area (Å²) in [7, 11) is 2.17. The smallest absolute Gasteiger partial charge is 0.0481 e. The summed E-state index contributed by atoms with van der Waals surface area (Å²) in [6, 6.07) is 0.174. The van der Waals surface area contributed by atoms with E-state index in [9.17, 15) is 0 Å². The molecule has 2 unspecified atom stereocenters. The second-order valence-electron chi connectivity index (χ2n) is 5.02. The molecule has 0 aromatic heterocycles. The Morgan fingerprint density at radius 1 is 1.33 bits per heavy atom. The Balaban J connectivity index is 1.89. The summed E-state index contributed by atoms with van der Waals surface area (Å²) < 4.78 is 0. The zero-order chi connectivity index (χ0) is 10.8. The number of likely N-dealkylation sites (tertiary alicyclic amines) is 2. The van der Waals surface area contributed by atoms with Crippen LogP contribution < -0.4 is 5.73 Å². The molecule has 2 aliphatic rings. The minimum atomic E-state index is 0.174. The van der Waals surface area contributed by atoms with Crippen LogP contribution in [0.1, 0.15) is 19.3 Å². The predicted molar refractivity (Wildman–Crippen MR) is 63.5 cm³/mol. The maximum Gasteiger partial charge on any atom is 0.0481 e. The van der Waals surface area contributed by atoms with Gasteiger partial charge >= 0.3 is 0 Å². The van der Waals surface area contributed by atoms with Crippen LogP contribution in [0.4, 0.5) is 0 Å². The maximum atomic E-state index is 6.30. The molecule has 0 radical (unpaired) electrons. The summed E-state index contributed by atoms with van der Waals surface area (Å²) >= 11 is 0. The number of nitrogens with zero attached hydrogens (tertiary/aromatic N) is 2. The van der Waals surface area contributed by atoms with Gasteiger partial charge in [-0.3, -0.25) is 0 Å². The van der Waals surface area contributed by atoms with Crippen molar-refractivity contribution in [3.8, 4) is 0 Å². The highest BCUT2D eigenvalue weighted by molar-refractivity contribution is 5.08. The molecule has 0 saturated carbocycles. The van der Waals surface area contributed by atoms with E-state index in [1.165, 1.54) is 31.5 Å². The molecular formula is C12H23N3. The third kappa shape index (κ3) is 2.34. The van der Waals surface area contributed by atoms with Gasteiger partial charge in [-0.2, -0.15) is 0 Å². The number of rotatable bonds is 3. The molecule has 2 rings (SSSR count). The van der Waals surface area contributed by atoms with E-state index in [2.05, 4.69) is 23.4 Å². The molecule has 0 bridgehead atoms. The van der Waals surface area contributed by atoms with Crippen molar-refractivity contribution in [3.63, 3.8) is 0 Å². The highest BCUT2D eigenvalue weighted by atomic mass is 15.2. The zero-order valence-electron chi connectivity index (χ0n) is 9.78. The molecule has 2 heterocycles. The Morgan fingerprint density at radius 2 is 2.00 bits per heavy atom. The minimum absolute atomic E-state index is 0.174. The lowest BCUT2D eigenvalue weighted by Gasteiger charge is -2.29. The molecule has 3 nitrogen and oxygen atoms in total. The van der Waals surface area contributed by atoms with Crippen molar-refractivity contribution in [2.75, 3.05) is 33.2 Å². The van der Waals surface area contributed by atoms with Gasteiger partial charge in [0.05, 0.1) is 0 Å². The number of hydrogen-bond donors (Lipinski definition) is 1. The summed E-state index contributed by atoms with van der Waals surface area (Å²) in [6.07, 6.45) is 3.83. The molecule has 86 valence electrons. The van der Waals surface area contributed by atoms with Crippen LogP contribution >= 0.6 is 0 Å². The lowest BCUT2D eigenvalue weighted by atomic mass is 9.97. The van der Waals surface area contributed by atoms with Crippen molar-refractivity contribution in [1.29, 1.82) is 0 Å². The van der Waals surface area contributed by atoms with E-state index < -0.39 is 0 Å². The average Bonchev–Trinajstić information content (AvgIpc) is 2.85. The van der Waals surface area contributed by atoms with Gasteiger partial charge < -0.3 is 15.5 Å². The summed E-state index contributed by atoms with van der Waals surface area (Å²) in [5.74, 6) is 0.614. The summed E-state index contributed by atoms with van der Waals surface area (Å²) in [5, 5.41) is 0. The molecule has 2 aliphatic heterocycles. The van der Waals surface area contributed by atoms with Gasteiger partial charge in [-0.05, 0) is 38.8 Å². The van der Waals surface area contributed by atoms with Crippen molar-refractivity contribution in [1.82, 2.24) is 9.80 Å². The average molecular weight is 209 g/mol. The predicted octanol–water partition coefficient (Wildman–Crippen LogP) is 0.875. The lowest BCUT2D eigenvalue weighted by molar-refractivity contribution is 0.333. The Hall–Kier alpha value is -0.540. The topological polar surface area (TPSA) is 32.5 Å². The Bertz CT molecular complexity index is 233. The lowest BCUT2D eigenvalue weighted by Crippen LogP contribution is -2.39. The van der Waals surface area contributed by atoms with E-state index in [1.807, 2.05) is 0 Å². The van der Waals surface area contributed by atoms with E-state index in [-0.39, 0.29) is 6.04 Å². The first-order chi connectivity index (χ1) is 7.18. The highest BCUT2D eigenvalue weighted by Crippen LogP contribution is 2.24. The van der Waals surface area contributed by atoms with Crippen molar-refractivity contribution < 1.29 is 0 Å². The molecule has 0 aromatic rings. The normalized spacial score (nSPS) is 29.7. The fraction of sp³-hybridized carbons (Fsp3) is 0.833. The second-order valence-corrected chi connectivity index (χ2v) is 5.02. The van der Waals surface area contributed by atoms with Gasteiger partial charge in [-0.25, -0.2) is 0 Å². The molecule has 0 aliphatic carbocycles. The third-order valence-electron chi connectivity index (χ3n) is 3.83. The van der Waals surface area contributed by atoms with Crippen LogP contribution in [0.25, 0.3) is 0 Å². The van der Waals surface area contributed by atoms with Crippen molar-refractivity contribution in [2.24, 2.45) is 11.7 Å². The molecular weight excluding hydrogens is 186 g/mol.